The second-order valence-electron chi connectivity index (χ2n) is 5.16. The van der Waals surface area contributed by atoms with E-state index in [2.05, 4.69) is 67.5 Å². The van der Waals surface area contributed by atoms with Crippen molar-refractivity contribution in [1.29, 1.82) is 0 Å². The fourth-order valence-corrected chi connectivity index (χ4v) is 2.96. The van der Waals surface area contributed by atoms with Gasteiger partial charge in [-0.15, -0.1) is 0 Å². The third-order valence-electron chi connectivity index (χ3n) is 3.78. The minimum Gasteiger partial charge on any atom is -0.724 e. The highest BCUT2D eigenvalue weighted by molar-refractivity contribution is 7.64. The first kappa shape index (κ1) is 11.3. The second-order valence-corrected chi connectivity index (χ2v) is 5.36. The number of hydrogen-bond donors (Lipinski definition) is 0. The van der Waals surface area contributed by atoms with Crippen molar-refractivity contribution >= 4 is 12.6 Å². The first-order valence-electron chi connectivity index (χ1n) is 6.02. The maximum absolute atomic E-state index is 4.73. The average Bonchev–Trinajstić information content (AvgIpc) is 2.60. The molecule has 0 N–H and O–H groups in total. The van der Waals surface area contributed by atoms with Gasteiger partial charge in [0, 0.05) is 11.0 Å². The molecule has 1 aliphatic carbocycles. The van der Waals surface area contributed by atoms with Gasteiger partial charge in [-0.05, 0) is 34.4 Å². The number of fused-ring (bicyclic) bond motifs is 3. The first-order valence-corrected chi connectivity index (χ1v) is 6.43. The molecular weight excluding hydrogens is 236 g/mol. The van der Waals surface area contributed by atoms with E-state index in [0.717, 1.165) is 5.56 Å². The SMILES string of the molecule is CC1(C)c2ccccc2-c2ccc(C#C[S-])cc21. The smallest absolute Gasteiger partial charge is 0.0230 e. The average molecular weight is 249 g/mol. The Kier molecular flexibility index (Phi) is 2.43. The molecule has 0 unspecified atom stereocenters. The molecule has 0 saturated heterocycles. The molecule has 1 aliphatic rings. The van der Waals surface area contributed by atoms with Crippen molar-refractivity contribution in [1.82, 2.24) is 0 Å². The van der Waals surface area contributed by atoms with Gasteiger partial charge in [0.1, 0.15) is 0 Å². The van der Waals surface area contributed by atoms with E-state index in [9.17, 15) is 0 Å². The first-order chi connectivity index (χ1) is 8.64. The Morgan fingerprint density at radius 3 is 2.44 bits per heavy atom. The molecule has 1 heteroatoms. The summed E-state index contributed by atoms with van der Waals surface area (Å²) in [6, 6.07) is 15.0. The van der Waals surface area contributed by atoms with Gasteiger partial charge >= 0.3 is 0 Å². The highest BCUT2D eigenvalue weighted by atomic mass is 32.1. The molecule has 3 rings (SSSR count). The lowest BCUT2D eigenvalue weighted by atomic mass is 9.82. The lowest BCUT2D eigenvalue weighted by Gasteiger charge is -2.21. The third-order valence-corrected chi connectivity index (χ3v) is 3.88. The quantitative estimate of drug-likeness (QED) is 0.505. The van der Waals surface area contributed by atoms with Crippen LogP contribution in [0.3, 0.4) is 0 Å². The van der Waals surface area contributed by atoms with Crippen LogP contribution in [0.2, 0.25) is 0 Å². The molecular formula is C17H13S-. The summed E-state index contributed by atoms with van der Waals surface area (Å²) >= 11 is 4.73. The van der Waals surface area contributed by atoms with E-state index in [1.807, 2.05) is 0 Å². The molecule has 2 aromatic carbocycles. The maximum atomic E-state index is 4.73. The summed E-state index contributed by atoms with van der Waals surface area (Å²) in [6.07, 6.45) is 0. The Bertz CT molecular complexity index is 684. The van der Waals surface area contributed by atoms with Crippen LogP contribution in [0, 0.1) is 11.2 Å². The second kappa shape index (κ2) is 3.86. The highest BCUT2D eigenvalue weighted by Crippen LogP contribution is 2.48. The Morgan fingerprint density at radius 1 is 0.944 bits per heavy atom. The summed E-state index contributed by atoms with van der Waals surface area (Å²) < 4.78 is 0. The monoisotopic (exact) mass is 249 g/mol. The van der Waals surface area contributed by atoms with E-state index >= 15 is 0 Å². The molecule has 88 valence electrons. The summed E-state index contributed by atoms with van der Waals surface area (Å²) in [4.78, 5) is 0. The summed E-state index contributed by atoms with van der Waals surface area (Å²) in [5.74, 6) is 2.97. The zero-order chi connectivity index (χ0) is 12.8. The summed E-state index contributed by atoms with van der Waals surface area (Å²) in [6.45, 7) is 4.53. The molecule has 0 radical (unpaired) electrons. The molecule has 0 aromatic heterocycles. The van der Waals surface area contributed by atoms with Gasteiger partial charge < -0.3 is 12.6 Å². The number of benzene rings is 2. The van der Waals surface area contributed by atoms with Crippen molar-refractivity contribution in [2.45, 2.75) is 19.3 Å². The molecule has 0 aliphatic heterocycles. The van der Waals surface area contributed by atoms with Crippen molar-refractivity contribution in [2.75, 3.05) is 0 Å². The van der Waals surface area contributed by atoms with Crippen LogP contribution >= 0.6 is 0 Å². The van der Waals surface area contributed by atoms with Gasteiger partial charge in [-0.2, -0.15) is 0 Å². The van der Waals surface area contributed by atoms with Gasteiger partial charge in [-0.3, -0.25) is 0 Å². The highest BCUT2D eigenvalue weighted by Gasteiger charge is 2.34. The Labute approximate surface area is 113 Å². The van der Waals surface area contributed by atoms with Gasteiger partial charge in [0.05, 0.1) is 0 Å². The van der Waals surface area contributed by atoms with E-state index in [1.165, 1.54) is 22.3 Å². The summed E-state index contributed by atoms with van der Waals surface area (Å²) in [5.41, 5.74) is 6.46. The van der Waals surface area contributed by atoms with Crippen LogP contribution in [0.15, 0.2) is 42.5 Å². The van der Waals surface area contributed by atoms with Gasteiger partial charge in [-0.25, -0.2) is 5.25 Å². The van der Waals surface area contributed by atoms with Crippen LogP contribution < -0.4 is 0 Å². The number of rotatable bonds is 0. The van der Waals surface area contributed by atoms with E-state index in [1.54, 1.807) is 0 Å². The van der Waals surface area contributed by atoms with Crippen LogP contribution in [0.5, 0.6) is 0 Å². The molecule has 0 saturated carbocycles. The topological polar surface area (TPSA) is 0 Å². The van der Waals surface area contributed by atoms with Crippen LogP contribution in [-0.4, -0.2) is 0 Å². The Balaban J connectivity index is 2.30. The molecule has 2 aromatic rings. The lowest BCUT2D eigenvalue weighted by Crippen LogP contribution is -2.14. The van der Waals surface area contributed by atoms with Crippen molar-refractivity contribution in [2.24, 2.45) is 0 Å². The lowest BCUT2D eigenvalue weighted by molar-refractivity contribution is 0.660. The molecule has 0 heterocycles. The predicted octanol–water partition coefficient (Wildman–Crippen LogP) is 3.85. The van der Waals surface area contributed by atoms with Crippen molar-refractivity contribution in [3.63, 3.8) is 0 Å². The van der Waals surface area contributed by atoms with Gasteiger partial charge in [0.15, 0.2) is 0 Å². The molecule has 0 atom stereocenters. The van der Waals surface area contributed by atoms with Crippen LogP contribution in [0.1, 0.15) is 30.5 Å². The Morgan fingerprint density at radius 2 is 1.67 bits per heavy atom. The van der Waals surface area contributed by atoms with E-state index in [-0.39, 0.29) is 5.41 Å². The zero-order valence-electron chi connectivity index (χ0n) is 10.4. The van der Waals surface area contributed by atoms with E-state index in [4.69, 9.17) is 12.6 Å². The van der Waals surface area contributed by atoms with Crippen LogP contribution in [-0.2, 0) is 18.0 Å². The van der Waals surface area contributed by atoms with Crippen LogP contribution in [0.4, 0.5) is 0 Å². The maximum Gasteiger partial charge on any atom is 0.0230 e. The van der Waals surface area contributed by atoms with Gasteiger partial charge in [-0.1, -0.05) is 50.1 Å². The van der Waals surface area contributed by atoms with E-state index in [0.29, 0.717) is 0 Å². The van der Waals surface area contributed by atoms with Gasteiger partial charge in [0.2, 0.25) is 0 Å². The molecule has 0 nitrogen and oxygen atoms in total. The standard InChI is InChI=1S/C17H14S/c1-17(2)15-6-4-3-5-13(15)14-8-7-12(9-10-18)11-16(14)17/h3-8,11,18H,1-2H3/p-1. The molecule has 18 heavy (non-hydrogen) atoms. The largest absolute Gasteiger partial charge is 0.724 e. The molecule has 0 spiro atoms. The minimum absolute atomic E-state index is 0.0467. The van der Waals surface area contributed by atoms with Crippen molar-refractivity contribution in [3.05, 3.63) is 59.2 Å². The molecule has 0 bridgehead atoms. The normalized spacial score (nSPS) is 14.3. The zero-order valence-corrected chi connectivity index (χ0v) is 11.3. The van der Waals surface area contributed by atoms with Crippen molar-refractivity contribution in [3.8, 4) is 22.3 Å². The summed E-state index contributed by atoms with van der Waals surface area (Å²) in [5, 5.41) is 2.56. The fraction of sp³-hybridized carbons (Fsp3) is 0.176. The van der Waals surface area contributed by atoms with Crippen molar-refractivity contribution < 1.29 is 0 Å². The van der Waals surface area contributed by atoms with Gasteiger partial charge in [0.25, 0.3) is 0 Å². The summed E-state index contributed by atoms with van der Waals surface area (Å²) in [7, 11) is 0. The predicted molar refractivity (Wildman–Crippen MR) is 78.2 cm³/mol. The molecule has 0 fully saturated rings. The fourth-order valence-electron chi connectivity index (χ4n) is 2.84. The molecule has 0 amide bonds. The number of hydrogen-bond acceptors (Lipinski definition) is 1. The minimum atomic E-state index is 0.0467. The van der Waals surface area contributed by atoms with E-state index < -0.39 is 0 Å². The van der Waals surface area contributed by atoms with Crippen LogP contribution in [0.25, 0.3) is 11.1 Å². The Hall–Kier alpha value is -1.78. The third kappa shape index (κ3) is 1.46.